The second-order valence-corrected chi connectivity index (χ2v) is 8.84. The number of anilines is 1. The lowest BCUT2D eigenvalue weighted by Crippen LogP contribution is -2.47. The molecule has 0 spiro atoms. The number of aromatic nitrogens is 2. The largest absolute Gasteiger partial charge is 0.409 e. The molecule has 0 bridgehead atoms. The van der Waals surface area contributed by atoms with Crippen LogP contribution in [0.1, 0.15) is 4.79 Å². The van der Waals surface area contributed by atoms with Crippen molar-refractivity contribution in [2.24, 2.45) is 16.2 Å². The Hall–Kier alpha value is -3.65. The first-order valence-corrected chi connectivity index (χ1v) is 11.0. The van der Waals surface area contributed by atoms with Crippen molar-refractivity contribution in [1.82, 2.24) is 9.55 Å². The molecule has 8 nitrogen and oxygen atoms in total. The summed E-state index contributed by atoms with van der Waals surface area (Å²) in [5, 5.41) is 1.27. The van der Waals surface area contributed by atoms with E-state index in [1.165, 1.54) is 5.32 Å². The molecule has 1 heterocycles. The Morgan fingerprint density at radius 2 is 1.26 bits per heavy atom. The zero-order valence-electron chi connectivity index (χ0n) is 18.1. The summed E-state index contributed by atoms with van der Waals surface area (Å²) in [4.78, 5) is 25.8. The van der Waals surface area contributed by atoms with Gasteiger partial charge in [-0.05, 0) is 30.3 Å². The van der Waals surface area contributed by atoms with Crippen molar-refractivity contribution in [2.45, 2.75) is 29.6 Å². The number of hydrogen-bond donors (Lipinski definition) is 1. The number of carbonyl (C=O) groups is 2. The van der Waals surface area contributed by atoms with Crippen molar-refractivity contribution in [3.63, 3.8) is 0 Å². The predicted octanol–water partition coefficient (Wildman–Crippen LogP) is 4.23. The number of benzene rings is 1. The number of sulfonamides is 1. The highest BCUT2D eigenvalue weighted by Crippen LogP contribution is 2.41. The number of halogens is 12. The SMILES string of the molecule is O=C(Nc1ccc(S(=O)(=O)N=c2ncccn2C(=O)C(C(F)(F)F)C(F)(F)F)cc1)C(C(F)(F)F)C(F)(F)F. The van der Waals surface area contributed by atoms with E-state index >= 15 is 0 Å². The highest BCUT2D eigenvalue weighted by molar-refractivity contribution is 7.90. The number of rotatable bonds is 5. The maximum atomic E-state index is 12.9. The van der Waals surface area contributed by atoms with Crippen molar-refractivity contribution in [2.75, 3.05) is 5.32 Å². The third kappa shape index (κ3) is 7.69. The van der Waals surface area contributed by atoms with Gasteiger partial charge in [-0.1, -0.05) is 0 Å². The van der Waals surface area contributed by atoms with Gasteiger partial charge in [-0.2, -0.15) is 61.1 Å². The van der Waals surface area contributed by atoms with E-state index in [2.05, 4.69) is 9.38 Å². The van der Waals surface area contributed by atoms with E-state index in [0.717, 1.165) is 0 Å². The van der Waals surface area contributed by atoms with Crippen LogP contribution >= 0.6 is 0 Å². The van der Waals surface area contributed by atoms with E-state index in [9.17, 15) is 70.7 Å². The molecule has 1 N–H and O–H groups in total. The first kappa shape index (κ1) is 31.6. The van der Waals surface area contributed by atoms with Gasteiger partial charge >= 0.3 is 24.7 Å². The van der Waals surface area contributed by atoms with Crippen molar-refractivity contribution < 1.29 is 70.7 Å². The molecular formula is C18H10F12N4O4S. The van der Waals surface area contributed by atoms with Gasteiger partial charge in [0.05, 0.1) is 4.90 Å². The summed E-state index contributed by atoms with van der Waals surface area (Å²) >= 11 is 0. The number of hydrogen-bond acceptors (Lipinski definition) is 5. The van der Waals surface area contributed by atoms with Crippen LogP contribution in [0.3, 0.4) is 0 Å². The molecule has 0 saturated heterocycles. The van der Waals surface area contributed by atoms with Crippen molar-refractivity contribution in [3.05, 3.63) is 48.3 Å². The van der Waals surface area contributed by atoms with Crippen molar-refractivity contribution in [3.8, 4) is 0 Å². The molecule has 1 amide bonds. The van der Waals surface area contributed by atoms with E-state index in [-0.39, 0.29) is 0 Å². The van der Waals surface area contributed by atoms with Gasteiger partial charge in [0.1, 0.15) is 0 Å². The Bertz CT molecular complexity index is 1360. The number of amides is 1. The average Bonchev–Trinajstić information content (AvgIpc) is 2.69. The normalized spacial score (nSPS) is 14.2. The second kappa shape index (κ2) is 10.5. The maximum absolute atomic E-state index is 12.9. The predicted molar refractivity (Wildman–Crippen MR) is 102 cm³/mol. The molecule has 216 valence electrons. The molecule has 0 saturated carbocycles. The quantitative estimate of drug-likeness (QED) is 0.513. The minimum atomic E-state index is -6.15. The molecule has 0 atom stereocenters. The van der Waals surface area contributed by atoms with E-state index < -0.39 is 79.1 Å². The van der Waals surface area contributed by atoms with E-state index in [4.69, 9.17) is 0 Å². The molecule has 39 heavy (non-hydrogen) atoms. The summed E-state index contributed by atoms with van der Waals surface area (Å²) in [6.45, 7) is 0. The summed E-state index contributed by atoms with van der Waals surface area (Å²) in [7, 11) is -5.12. The fraction of sp³-hybridized carbons (Fsp3) is 0.333. The summed E-state index contributed by atoms with van der Waals surface area (Å²) < 4.78 is 181. The van der Waals surface area contributed by atoms with Gasteiger partial charge in [0, 0.05) is 18.1 Å². The minimum absolute atomic E-state index is 0.310. The fourth-order valence-electron chi connectivity index (χ4n) is 2.78. The fourth-order valence-corrected chi connectivity index (χ4v) is 3.71. The molecule has 0 radical (unpaired) electrons. The van der Waals surface area contributed by atoms with E-state index in [1.807, 2.05) is 0 Å². The lowest BCUT2D eigenvalue weighted by molar-refractivity contribution is -0.273. The Labute approximate surface area is 208 Å². The van der Waals surface area contributed by atoms with Crippen molar-refractivity contribution in [1.29, 1.82) is 0 Å². The van der Waals surface area contributed by atoms with Gasteiger partial charge in [-0.15, -0.1) is 4.40 Å². The van der Waals surface area contributed by atoms with Crippen LogP contribution in [-0.4, -0.2) is 54.5 Å². The summed E-state index contributed by atoms with van der Waals surface area (Å²) in [5.74, 6) is -14.3. The Morgan fingerprint density at radius 1 is 0.795 bits per heavy atom. The highest BCUT2D eigenvalue weighted by atomic mass is 32.2. The van der Waals surface area contributed by atoms with Crippen LogP contribution in [0.2, 0.25) is 0 Å². The third-order valence-corrected chi connectivity index (χ3v) is 5.68. The van der Waals surface area contributed by atoms with Crippen LogP contribution in [0.5, 0.6) is 0 Å². The molecular weight excluding hydrogens is 596 g/mol. The lowest BCUT2D eigenvalue weighted by atomic mass is 10.1. The number of nitrogens with zero attached hydrogens (tertiary/aromatic N) is 3. The topological polar surface area (TPSA) is 110 Å². The third-order valence-electron chi connectivity index (χ3n) is 4.40. The van der Waals surface area contributed by atoms with Gasteiger partial charge in [0.15, 0.2) is 0 Å². The highest BCUT2D eigenvalue weighted by Gasteiger charge is 2.62. The molecule has 2 aromatic rings. The van der Waals surface area contributed by atoms with Gasteiger partial charge in [0.2, 0.25) is 23.4 Å². The first-order chi connectivity index (χ1) is 17.5. The molecule has 0 aliphatic rings. The Morgan fingerprint density at radius 3 is 1.69 bits per heavy atom. The molecule has 1 aromatic carbocycles. The lowest BCUT2D eigenvalue weighted by Gasteiger charge is -2.22. The van der Waals surface area contributed by atoms with Crippen molar-refractivity contribution >= 4 is 27.5 Å². The van der Waals surface area contributed by atoms with Gasteiger partial charge < -0.3 is 5.32 Å². The minimum Gasteiger partial charge on any atom is -0.325 e. The molecule has 2 rings (SSSR count). The molecule has 21 heteroatoms. The molecule has 0 aliphatic carbocycles. The smallest absolute Gasteiger partial charge is 0.325 e. The van der Waals surface area contributed by atoms with E-state index in [0.29, 0.717) is 42.7 Å². The Balaban J connectivity index is 2.45. The number of carbonyl (C=O) groups excluding carboxylic acids is 2. The number of alkyl halides is 12. The summed E-state index contributed by atoms with van der Waals surface area (Å²) in [6.07, 6.45) is -23.4. The first-order valence-electron chi connectivity index (χ1n) is 9.53. The van der Waals surface area contributed by atoms with Gasteiger partial charge in [0.25, 0.3) is 15.9 Å². The molecule has 1 aromatic heterocycles. The second-order valence-electron chi connectivity index (χ2n) is 7.24. The average molecular weight is 606 g/mol. The van der Waals surface area contributed by atoms with Crippen LogP contribution in [0, 0.1) is 11.8 Å². The summed E-state index contributed by atoms with van der Waals surface area (Å²) in [5.41, 5.74) is -2.23. The van der Waals surface area contributed by atoms with Crippen LogP contribution in [0.4, 0.5) is 58.4 Å². The molecule has 0 unspecified atom stereocenters. The van der Waals surface area contributed by atoms with Crippen LogP contribution in [-0.2, 0) is 14.8 Å². The maximum Gasteiger partial charge on any atom is 0.409 e. The van der Waals surface area contributed by atoms with Crippen LogP contribution in [0.15, 0.2) is 52.0 Å². The van der Waals surface area contributed by atoms with Gasteiger partial charge in [-0.25, -0.2) is 4.98 Å². The van der Waals surface area contributed by atoms with Crippen LogP contribution in [0.25, 0.3) is 0 Å². The van der Waals surface area contributed by atoms with Gasteiger partial charge in [-0.3, -0.25) is 14.2 Å². The van der Waals surface area contributed by atoms with Crippen LogP contribution < -0.4 is 10.9 Å². The monoisotopic (exact) mass is 606 g/mol. The summed E-state index contributed by atoms with van der Waals surface area (Å²) in [6, 6.07) is 2.62. The number of nitrogens with one attached hydrogen (secondary N) is 1. The van der Waals surface area contributed by atoms with E-state index in [1.54, 1.807) is 0 Å². The Kier molecular flexibility index (Phi) is 8.49. The standard InChI is InChI=1S/C18H10F12N4O4S/c19-15(20,21)10(16(22,23)24)12(35)32-8-2-4-9(5-3-8)39(37,38)33-14-31-6-1-7-34(14)13(36)11(17(25,26)27)18(28,29)30/h1-7,10-11H,(H,32,35). The zero-order chi connectivity index (χ0) is 30.2. The molecule has 0 aliphatic heterocycles. The zero-order valence-corrected chi connectivity index (χ0v) is 18.9. The molecule has 0 fully saturated rings.